The number of benzene rings is 1. The standard InChI is InChI=1S/C14H18FNO3/c15-10-3-1-2-4-12(10)19-13-9-14(6-5-11(13)16)17-7-8-18-14/h1-4,11,13H,5-9,16H2. The van der Waals surface area contributed by atoms with Crippen LogP contribution in [0.3, 0.4) is 0 Å². The normalized spacial score (nSPS) is 29.6. The van der Waals surface area contributed by atoms with E-state index in [1.807, 2.05) is 0 Å². The SMILES string of the molecule is NC1CCC2(CC1Oc1ccccc1F)OCCO2. The van der Waals surface area contributed by atoms with Crippen LogP contribution in [0.15, 0.2) is 24.3 Å². The van der Waals surface area contributed by atoms with Crippen molar-refractivity contribution in [1.82, 2.24) is 0 Å². The second-order valence-electron chi connectivity index (χ2n) is 5.10. The molecule has 0 bridgehead atoms. The van der Waals surface area contributed by atoms with Crippen LogP contribution < -0.4 is 10.5 Å². The molecular formula is C14H18FNO3. The molecule has 1 aliphatic heterocycles. The summed E-state index contributed by atoms with van der Waals surface area (Å²) in [6, 6.07) is 6.23. The van der Waals surface area contributed by atoms with Gasteiger partial charge in [-0.15, -0.1) is 0 Å². The lowest BCUT2D eigenvalue weighted by atomic mass is 9.88. The zero-order valence-corrected chi connectivity index (χ0v) is 10.7. The topological polar surface area (TPSA) is 53.7 Å². The summed E-state index contributed by atoms with van der Waals surface area (Å²) in [6.07, 6.45) is 1.77. The van der Waals surface area contributed by atoms with E-state index in [0.29, 0.717) is 19.6 Å². The van der Waals surface area contributed by atoms with Crippen molar-refractivity contribution in [2.75, 3.05) is 13.2 Å². The maximum absolute atomic E-state index is 13.6. The summed E-state index contributed by atoms with van der Waals surface area (Å²) in [5.41, 5.74) is 6.07. The summed E-state index contributed by atoms with van der Waals surface area (Å²) in [5, 5.41) is 0. The Balaban J connectivity index is 1.73. The van der Waals surface area contributed by atoms with Gasteiger partial charge in [-0.1, -0.05) is 12.1 Å². The molecule has 2 aliphatic rings. The highest BCUT2D eigenvalue weighted by Gasteiger charge is 2.45. The lowest BCUT2D eigenvalue weighted by molar-refractivity contribution is -0.195. The molecule has 104 valence electrons. The van der Waals surface area contributed by atoms with Crippen molar-refractivity contribution in [2.24, 2.45) is 5.73 Å². The van der Waals surface area contributed by atoms with Gasteiger partial charge in [-0.3, -0.25) is 0 Å². The highest BCUT2D eigenvalue weighted by molar-refractivity contribution is 5.24. The number of nitrogens with two attached hydrogens (primary N) is 1. The van der Waals surface area contributed by atoms with Crippen molar-refractivity contribution in [3.05, 3.63) is 30.1 Å². The molecule has 0 amide bonds. The van der Waals surface area contributed by atoms with E-state index in [2.05, 4.69) is 0 Å². The smallest absolute Gasteiger partial charge is 0.172 e. The molecule has 1 aliphatic carbocycles. The van der Waals surface area contributed by atoms with E-state index in [9.17, 15) is 4.39 Å². The van der Waals surface area contributed by atoms with Gasteiger partial charge < -0.3 is 19.9 Å². The zero-order chi connectivity index (χ0) is 13.3. The minimum Gasteiger partial charge on any atom is -0.486 e. The third kappa shape index (κ3) is 2.59. The average Bonchev–Trinajstić information content (AvgIpc) is 2.85. The van der Waals surface area contributed by atoms with E-state index < -0.39 is 5.79 Å². The van der Waals surface area contributed by atoms with Gasteiger partial charge in [0.1, 0.15) is 6.10 Å². The Bertz CT molecular complexity index is 448. The Morgan fingerprint density at radius 1 is 1.26 bits per heavy atom. The first kappa shape index (κ1) is 12.8. The number of halogens is 1. The molecule has 2 unspecified atom stereocenters. The molecule has 1 spiro atoms. The van der Waals surface area contributed by atoms with Crippen LogP contribution in [0.5, 0.6) is 5.75 Å². The monoisotopic (exact) mass is 267 g/mol. The molecular weight excluding hydrogens is 249 g/mol. The van der Waals surface area contributed by atoms with Crippen LogP contribution in [0.25, 0.3) is 0 Å². The minimum atomic E-state index is -0.578. The van der Waals surface area contributed by atoms with E-state index in [4.69, 9.17) is 19.9 Å². The first-order valence-corrected chi connectivity index (χ1v) is 6.63. The highest BCUT2D eigenvalue weighted by Crippen LogP contribution is 2.37. The molecule has 0 radical (unpaired) electrons. The molecule has 1 saturated heterocycles. The largest absolute Gasteiger partial charge is 0.486 e. The molecule has 0 aromatic heterocycles. The fourth-order valence-corrected chi connectivity index (χ4v) is 2.72. The summed E-state index contributed by atoms with van der Waals surface area (Å²) in [5.74, 6) is -0.716. The lowest BCUT2D eigenvalue weighted by Crippen LogP contribution is -2.51. The Labute approximate surface area is 111 Å². The van der Waals surface area contributed by atoms with E-state index in [1.54, 1.807) is 18.2 Å². The fourth-order valence-electron chi connectivity index (χ4n) is 2.72. The predicted octanol–water partition coefficient (Wildman–Crippen LogP) is 1.83. The molecule has 2 fully saturated rings. The Kier molecular flexibility index (Phi) is 3.43. The highest BCUT2D eigenvalue weighted by atomic mass is 19.1. The molecule has 19 heavy (non-hydrogen) atoms. The van der Waals surface area contributed by atoms with Crippen molar-refractivity contribution in [3.8, 4) is 5.75 Å². The van der Waals surface area contributed by atoms with Crippen molar-refractivity contribution >= 4 is 0 Å². The molecule has 1 aromatic rings. The van der Waals surface area contributed by atoms with Gasteiger partial charge in [0.25, 0.3) is 0 Å². The van der Waals surface area contributed by atoms with Crippen LogP contribution in [0.2, 0.25) is 0 Å². The van der Waals surface area contributed by atoms with E-state index in [1.165, 1.54) is 6.07 Å². The fraction of sp³-hybridized carbons (Fsp3) is 0.571. The van der Waals surface area contributed by atoms with Crippen LogP contribution in [0.4, 0.5) is 4.39 Å². The quantitative estimate of drug-likeness (QED) is 0.888. The van der Waals surface area contributed by atoms with Crippen LogP contribution >= 0.6 is 0 Å². The number of hydrogen-bond acceptors (Lipinski definition) is 4. The van der Waals surface area contributed by atoms with E-state index >= 15 is 0 Å². The number of rotatable bonds is 2. The summed E-state index contributed by atoms with van der Waals surface area (Å²) in [6.45, 7) is 1.20. The lowest BCUT2D eigenvalue weighted by Gasteiger charge is -2.39. The summed E-state index contributed by atoms with van der Waals surface area (Å²) in [4.78, 5) is 0. The first-order chi connectivity index (χ1) is 9.19. The predicted molar refractivity (Wildman–Crippen MR) is 67.3 cm³/mol. The summed E-state index contributed by atoms with van der Waals surface area (Å²) >= 11 is 0. The van der Waals surface area contributed by atoms with Gasteiger partial charge in [0, 0.05) is 18.9 Å². The maximum Gasteiger partial charge on any atom is 0.172 e. The Hall–Kier alpha value is -1.17. The van der Waals surface area contributed by atoms with Crippen LogP contribution in [0.1, 0.15) is 19.3 Å². The van der Waals surface area contributed by atoms with E-state index in [-0.39, 0.29) is 23.7 Å². The molecule has 2 atom stereocenters. The van der Waals surface area contributed by atoms with Crippen molar-refractivity contribution in [2.45, 2.75) is 37.2 Å². The molecule has 2 N–H and O–H groups in total. The van der Waals surface area contributed by atoms with Crippen molar-refractivity contribution < 1.29 is 18.6 Å². The van der Waals surface area contributed by atoms with Gasteiger partial charge in [0.05, 0.1) is 13.2 Å². The number of para-hydroxylation sites is 1. The van der Waals surface area contributed by atoms with Gasteiger partial charge in [-0.05, 0) is 18.6 Å². The summed E-state index contributed by atoms with van der Waals surface area (Å²) < 4.78 is 30.7. The summed E-state index contributed by atoms with van der Waals surface area (Å²) in [7, 11) is 0. The second kappa shape index (κ2) is 5.07. The van der Waals surface area contributed by atoms with Crippen LogP contribution in [-0.4, -0.2) is 31.1 Å². The minimum absolute atomic E-state index is 0.127. The number of ether oxygens (including phenoxy) is 3. The average molecular weight is 267 g/mol. The van der Waals surface area contributed by atoms with Gasteiger partial charge in [0.15, 0.2) is 17.4 Å². The van der Waals surface area contributed by atoms with Gasteiger partial charge in [-0.2, -0.15) is 0 Å². The van der Waals surface area contributed by atoms with Crippen LogP contribution in [0, 0.1) is 5.82 Å². The third-order valence-electron chi connectivity index (χ3n) is 3.78. The Morgan fingerprint density at radius 3 is 2.74 bits per heavy atom. The van der Waals surface area contributed by atoms with Gasteiger partial charge >= 0.3 is 0 Å². The molecule has 3 rings (SSSR count). The molecule has 4 nitrogen and oxygen atoms in total. The third-order valence-corrected chi connectivity index (χ3v) is 3.78. The number of hydrogen-bond donors (Lipinski definition) is 1. The van der Waals surface area contributed by atoms with Gasteiger partial charge in [-0.25, -0.2) is 4.39 Å². The van der Waals surface area contributed by atoms with Crippen molar-refractivity contribution in [1.29, 1.82) is 0 Å². The van der Waals surface area contributed by atoms with Crippen molar-refractivity contribution in [3.63, 3.8) is 0 Å². The van der Waals surface area contributed by atoms with Crippen LogP contribution in [-0.2, 0) is 9.47 Å². The second-order valence-corrected chi connectivity index (χ2v) is 5.10. The maximum atomic E-state index is 13.6. The zero-order valence-electron chi connectivity index (χ0n) is 10.7. The molecule has 1 aromatic carbocycles. The van der Waals surface area contributed by atoms with Gasteiger partial charge in [0.2, 0.25) is 0 Å². The first-order valence-electron chi connectivity index (χ1n) is 6.63. The molecule has 1 saturated carbocycles. The van der Waals surface area contributed by atoms with E-state index in [0.717, 1.165) is 12.8 Å². The Morgan fingerprint density at radius 2 is 2.00 bits per heavy atom. The molecule has 5 heteroatoms. The molecule has 1 heterocycles.